The van der Waals surface area contributed by atoms with Crippen LogP contribution in [0.4, 0.5) is 0 Å². The second kappa shape index (κ2) is 11.3. The summed E-state index contributed by atoms with van der Waals surface area (Å²) >= 11 is 0. The van der Waals surface area contributed by atoms with Gasteiger partial charge in [0.2, 0.25) is 0 Å². The molecule has 32 heavy (non-hydrogen) atoms. The first-order valence-electron chi connectivity index (χ1n) is 11.9. The van der Waals surface area contributed by atoms with E-state index in [-0.39, 0.29) is 0 Å². The molecule has 0 spiro atoms. The summed E-state index contributed by atoms with van der Waals surface area (Å²) in [5.74, 6) is 1.52. The maximum Gasteiger partial charge on any atom is 0.127 e. The fourth-order valence-corrected chi connectivity index (χ4v) is 4.51. The Morgan fingerprint density at radius 1 is 0.906 bits per heavy atom. The van der Waals surface area contributed by atoms with Crippen LogP contribution in [0.15, 0.2) is 54.6 Å². The minimum atomic E-state index is 0.584. The fourth-order valence-electron chi connectivity index (χ4n) is 4.51. The first-order chi connectivity index (χ1) is 15.5. The SMILES string of the molecule is CCc1cccc(CC)c1-c1cc(OC)c(CN(Cc2ccccc2)CC(C)C)c(C)n1. The van der Waals surface area contributed by atoms with Crippen molar-refractivity contribution in [3.05, 3.63) is 82.5 Å². The summed E-state index contributed by atoms with van der Waals surface area (Å²) in [5, 5.41) is 0. The van der Waals surface area contributed by atoms with Crippen molar-refractivity contribution in [2.24, 2.45) is 5.92 Å². The predicted octanol–water partition coefficient (Wildman–Crippen LogP) is 6.85. The van der Waals surface area contributed by atoms with E-state index in [0.717, 1.165) is 49.6 Å². The number of benzene rings is 2. The molecule has 1 heterocycles. The summed E-state index contributed by atoms with van der Waals surface area (Å²) in [6, 6.07) is 19.4. The van der Waals surface area contributed by atoms with E-state index in [1.165, 1.54) is 27.8 Å². The lowest BCUT2D eigenvalue weighted by Gasteiger charge is -2.26. The molecule has 0 unspecified atom stereocenters. The van der Waals surface area contributed by atoms with Crippen molar-refractivity contribution in [2.75, 3.05) is 13.7 Å². The molecule has 0 aliphatic carbocycles. The van der Waals surface area contributed by atoms with Gasteiger partial charge >= 0.3 is 0 Å². The lowest BCUT2D eigenvalue weighted by Crippen LogP contribution is -2.27. The quantitative estimate of drug-likeness (QED) is 0.352. The number of aryl methyl sites for hydroxylation is 3. The molecule has 2 aromatic carbocycles. The van der Waals surface area contributed by atoms with E-state index in [4.69, 9.17) is 9.72 Å². The molecular formula is C29H38N2O. The number of aromatic nitrogens is 1. The molecule has 1 aromatic heterocycles. The first kappa shape index (κ1) is 24.0. The molecule has 0 fully saturated rings. The second-order valence-corrected chi connectivity index (χ2v) is 8.98. The highest BCUT2D eigenvalue weighted by atomic mass is 16.5. The van der Waals surface area contributed by atoms with Crippen LogP contribution >= 0.6 is 0 Å². The predicted molar refractivity (Wildman–Crippen MR) is 135 cm³/mol. The van der Waals surface area contributed by atoms with Crippen molar-refractivity contribution in [3.63, 3.8) is 0 Å². The Balaban J connectivity index is 1.99. The molecule has 3 aromatic rings. The van der Waals surface area contributed by atoms with Gasteiger partial charge in [-0.25, -0.2) is 0 Å². The third-order valence-electron chi connectivity index (χ3n) is 6.02. The van der Waals surface area contributed by atoms with Gasteiger partial charge in [-0.2, -0.15) is 0 Å². The van der Waals surface area contributed by atoms with Gasteiger partial charge in [0, 0.05) is 42.5 Å². The lowest BCUT2D eigenvalue weighted by molar-refractivity contribution is 0.224. The third kappa shape index (κ3) is 5.77. The molecule has 170 valence electrons. The Morgan fingerprint density at radius 2 is 1.56 bits per heavy atom. The van der Waals surface area contributed by atoms with Crippen LogP contribution in [0, 0.1) is 12.8 Å². The van der Waals surface area contributed by atoms with Crippen molar-refractivity contribution >= 4 is 0 Å². The van der Waals surface area contributed by atoms with Gasteiger partial charge in [0.1, 0.15) is 5.75 Å². The molecule has 3 rings (SSSR count). The number of rotatable bonds is 10. The summed E-state index contributed by atoms with van der Waals surface area (Å²) < 4.78 is 5.92. The minimum Gasteiger partial charge on any atom is -0.496 e. The van der Waals surface area contributed by atoms with E-state index < -0.39 is 0 Å². The minimum absolute atomic E-state index is 0.584. The molecule has 0 atom stereocenters. The maximum atomic E-state index is 5.92. The number of pyridine rings is 1. The van der Waals surface area contributed by atoms with Gasteiger partial charge in [-0.05, 0) is 42.4 Å². The van der Waals surface area contributed by atoms with Gasteiger partial charge in [-0.1, -0.05) is 76.2 Å². The van der Waals surface area contributed by atoms with Gasteiger partial charge in [-0.15, -0.1) is 0 Å². The van der Waals surface area contributed by atoms with Crippen molar-refractivity contribution in [1.29, 1.82) is 0 Å². The molecule has 0 N–H and O–H groups in total. The van der Waals surface area contributed by atoms with Gasteiger partial charge < -0.3 is 4.74 Å². The normalized spacial score (nSPS) is 11.4. The highest BCUT2D eigenvalue weighted by Crippen LogP contribution is 2.33. The number of ether oxygens (including phenoxy) is 1. The van der Waals surface area contributed by atoms with Crippen LogP contribution in [-0.4, -0.2) is 23.5 Å². The van der Waals surface area contributed by atoms with Crippen molar-refractivity contribution in [3.8, 4) is 17.0 Å². The average molecular weight is 431 g/mol. The Labute approximate surface area is 194 Å². The van der Waals surface area contributed by atoms with Crippen LogP contribution in [0.2, 0.25) is 0 Å². The molecule has 3 nitrogen and oxygen atoms in total. The third-order valence-corrected chi connectivity index (χ3v) is 6.02. The van der Waals surface area contributed by atoms with Gasteiger partial charge in [0.05, 0.1) is 12.8 Å². The topological polar surface area (TPSA) is 25.4 Å². The summed E-state index contributed by atoms with van der Waals surface area (Å²) in [5.41, 5.74) is 8.55. The molecule has 0 amide bonds. The Bertz CT molecular complexity index is 989. The number of hydrogen-bond acceptors (Lipinski definition) is 3. The Morgan fingerprint density at radius 3 is 2.12 bits per heavy atom. The van der Waals surface area contributed by atoms with Gasteiger partial charge in [0.15, 0.2) is 0 Å². The van der Waals surface area contributed by atoms with Gasteiger partial charge in [-0.3, -0.25) is 9.88 Å². The number of hydrogen-bond donors (Lipinski definition) is 0. The molecule has 0 aliphatic rings. The zero-order valence-electron chi connectivity index (χ0n) is 20.6. The van der Waals surface area contributed by atoms with E-state index in [1.807, 2.05) is 0 Å². The monoisotopic (exact) mass is 430 g/mol. The number of methoxy groups -OCH3 is 1. The van der Waals surface area contributed by atoms with Crippen molar-refractivity contribution < 1.29 is 4.74 Å². The van der Waals surface area contributed by atoms with E-state index in [1.54, 1.807) is 7.11 Å². The summed E-state index contributed by atoms with van der Waals surface area (Å²) in [4.78, 5) is 7.61. The molecule has 0 radical (unpaired) electrons. The fraction of sp³-hybridized carbons (Fsp3) is 0.414. The molecule has 3 heteroatoms. The Kier molecular flexibility index (Phi) is 8.46. The van der Waals surface area contributed by atoms with Crippen LogP contribution < -0.4 is 4.74 Å². The first-order valence-corrected chi connectivity index (χ1v) is 11.9. The van der Waals surface area contributed by atoms with Crippen molar-refractivity contribution in [1.82, 2.24) is 9.88 Å². The molecule has 0 bridgehead atoms. The molecule has 0 saturated heterocycles. The standard InChI is InChI=1S/C29H38N2O/c1-7-24-15-12-16-25(8-2)29(24)27-17-28(32-6)26(22(5)30-27)20-31(18-21(3)4)19-23-13-10-9-11-14-23/h9-17,21H,7-8,18-20H2,1-6H3. The second-order valence-electron chi connectivity index (χ2n) is 8.98. The summed E-state index contributed by atoms with van der Waals surface area (Å²) in [6.07, 6.45) is 1.99. The lowest BCUT2D eigenvalue weighted by atomic mass is 9.94. The van der Waals surface area contributed by atoms with E-state index in [2.05, 4.69) is 94.1 Å². The van der Waals surface area contributed by atoms with Crippen LogP contribution in [0.25, 0.3) is 11.3 Å². The van der Waals surface area contributed by atoms with E-state index in [0.29, 0.717) is 5.92 Å². The highest BCUT2D eigenvalue weighted by molar-refractivity contribution is 5.70. The van der Waals surface area contributed by atoms with E-state index >= 15 is 0 Å². The molecule has 0 saturated carbocycles. The maximum absolute atomic E-state index is 5.92. The molecular weight excluding hydrogens is 392 g/mol. The number of nitrogens with zero attached hydrogens (tertiary/aromatic N) is 2. The zero-order chi connectivity index (χ0) is 23.1. The average Bonchev–Trinajstić information content (AvgIpc) is 2.79. The summed E-state index contributed by atoms with van der Waals surface area (Å²) in [6.45, 7) is 13.9. The zero-order valence-corrected chi connectivity index (χ0v) is 20.6. The van der Waals surface area contributed by atoms with E-state index in [9.17, 15) is 0 Å². The van der Waals surface area contributed by atoms with Crippen molar-refractivity contribution in [2.45, 2.75) is 60.5 Å². The van der Waals surface area contributed by atoms with Gasteiger partial charge in [0.25, 0.3) is 0 Å². The highest BCUT2D eigenvalue weighted by Gasteiger charge is 2.19. The van der Waals surface area contributed by atoms with Crippen LogP contribution in [0.1, 0.15) is 55.6 Å². The Hall–Kier alpha value is -2.65. The molecule has 0 aliphatic heterocycles. The smallest absolute Gasteiger partial charge is 0.127 e. The largest absolute Gasteiger partial charge is 0.496 e. The van der Waals surface area contributed by atoms with Crippen LogP contribution in [0.5, 0.6) is 5.75 Å². The summed E-state index contributed by atoms with van der Waals surface area (Å²) in [7, 11) is 1.78. The van der Waals surface area contributed by atoms with Crippen LogP contribution in [0.3, 0.4) is 0 Å². The van der Waals surface area contributed by atoms with Crippen LogP contribution in [-0.2, 0) is 25.9 Å².